The van der Waals surface area contributed by atoms with Crippen molar-refractivity contribution in [1.82, 2.24) is 10.2 Å². The maximum absolute atomic E-state index is 5.24. The van der Waals surface area contributed by atoms with Crippen LogP contribution in [0.2, 0.25) is 0 Å². The molecule has 1 heterocycles. The van der Waals surface area contributed by atoms with Crippen LogP contribution in [0.5, 0.6) is 0 Å². The number of aromatic amines is 1. The number of hydrogen-bond donors (Lipinski definition) is 2. The maximum Gasteiger partial charge on any atom is 0.0647 e. The normalized spacial score (nSPS) is 11.7. The number of allylic oxidation sites excluding steroid dienone is 1. The second-order valence-electron chi connectivity index (χ2n) is 2.10. The molecule has 3 nitrogen and oxygen atoms in total. The summed E-state index contributed by atoms with van der Waals surface area (Å²) >= 11 is 0. The van der Waals surface area contributed by atoms with Crippen molar-refractivity contribution >= 4 is 12.2 Å². The van der Waals surface area contributed by atoms with Gasteiger partial charge in [0.15, 0.2) is 0 Å². The van der Waals surface area contributed by atoms with Gasteiger partial charge in [-0.25, -0.2) is 0 Å². The predicted molar refractivity (Wildman–Crippen MR) is 46.5 cm³/mol. The molecule has 0 atom stereocenters. The first kappa shape index (κ1) is 7.60. The Bertz CT molecular complexity index is 244. The molecule has 3 heteroatoms. The van der Waals surface area contributed by atoms with E-state index in [2.05, 4.69) is 10.2 Å². The number of rotatable bonds is 2. The van der Waals surface area contributed by atoms with Crippen molar-refractivity contribution in [2.75, 3.05) is 0 Å². The van der Waals surface area contributed by atoms with Crippen molar-refractivity contribution in [2.24, 2.45) is 5.73 Å². The lowest BCUT2D eigenvalue weighted by molar-refractivity contribution is 1.08. The summed E-state index contributed by atoms with van der Waals surface area (Å²) in [5, 5.41) is 6.72. The molecule has 1 aromatic heterocycles. The topological polar surface area (TPSA) is 54.7 Å². The van der Waals surface area contributed by atoms with E-state index in [-0.39, 0.29) is 0 Å². The Balaban J connectivity index is 2.95. The number of nitrogens with two attached hydrogens (primary N) is 1. The third-order valence-corrected chi connectivity index (χ3v) is 1.31. The molecular formula is C8H11N3. The monoisotopic (exact) mass is 149 g/mol. The highest BCUT2D eigenvalue weighted by Crippen LogP contribution is 2.07. The van der Waals surface area contributed by atoms with Crippen LogP contribution in [0.4, 0.5) is 0 Å². The lowest BCUT2D eigenvalue weighted by Crippen LogP contribution is -1.78. The van der Waals surface area contributed by atoms with Crippen LogP contribution >= 0.6 is 0 Å². The smallest absolute Gasteiger partial charge is 0.0647 e. The molecule has 11 heavy (non-hydrogen) atoms. The molecule has 0 saturated heterocycles. The van der Waals surface area contributed by atoms with Crippen LogP contribution in [0.1, 0.15) is 18.2 Å². The number of nitrogens with zero attached hydrogens (tertiary/aromatic N) is 1. The third kappa shape index (κ3) is 1.70. The summed E-state index contributed by atoms with van der Waals surface area (Å²) in [6, 6.07) is 0. The van der Waals surface area contributed by atoms with Crippen molar-refractivity contribution in [3.63, 3.8) is 0 Å². The molecule has 0 aliphatic rings. The minimum absolute atomic E-state index is 0.981. The number of hydrogen-bond acceptors (Lipinski definition) is 2. The SMILES string of the molecule is C/C=C/c1[nH]ncc1/C=C/N. The number of H-pyrrole nitrogens is 1. The lowest BCUT2D eigenvalue weighted by Gasteiger charge is -1.87. The Morgan fingerprint density at radius 2 is 2.36 bits per heavy atom. The second-order valence-corrected chi connectivity index (χ2v) is 2.10. The van der Waals surface area contributed by atoms with Gasteiger partial charge in [0.25, 0.3) is 0 Å². The van der Waals surface area contributed by atoms with Crippen molar-refractivity contribution < 1.29 is 0 Å². The van der Waals surface area contributed by atoms with E-state index >= 15 is 0 Å². The second kappa shape index (κ2) is 3.61. The van der Waals surface area contributed by atoms with Gasteiger partial charge in [0.05, 0.1) is 11.9 Å². The first-order valence-electron chi connectivity index (χ1n) is 3.43. The van der Waals surface area contributed by atoms with E-state index in [9.17, 15) is 0 Å². The summed E-state index contributed by atoms with van der Waals surface area (Å²) in [5.74, 6) is 0. The maximum atomic E-state index is 5.24. The third-order valence-electron chi connectivity index (χ3n) is 1.31. The molecule has 58 valence electrons. The fraction of sp³-hybridized carbons (Fsp3) is 0.125. The zero-order valence-corrected chi connectivity index (χ0v) is 6.41. The summed E-state index contributed by atoms with van der Waals surface area (Å²) < 4.78 is 0. The number of nitrogens with one attached hydrogen (secondary N) is 1. The molecule has 0 radical (unpaired) electrons. The van der Waals surface area contributed by atoms with Crippen molar-refractivity contribution in [1.29, 1.82) is 0 Å². The summed E-state index contributed by atoms with van der Waals surface area (Å²) in [5.41, 5.74) is 7.22. The standard InChI is InChI=1S/C8H11N3/c1-2-3-8-7(4-5-9)6-10-11-8/h2-6H,9H2,1H3,(H,10,11)/b3-2+,5-4+. The van der Waals surface area contributed by atoms with Crippen LogP contribution < -0.4 is 5.73 Å². The van der Waals surface area contributed by atoms with Crippen LogP contribution in [-0.2, 0) is 0 Å². The zero-order chi connectivity index (χ0) is 8.10. The molecule has 1 rings (SSSR count). The Morgan fingerprint density at radius 1 is 1.55 bits per heavy atom. The minimum Gasteiger partial charge on any atom is -0.405 e. The van der Waals surface area contributed by atoms with E-state index in [0.29, 0.717) is 0 Å². The highest BCUT2D eigenvalue weighted by atomic mass is 15.1. The largest absolute Gasteiger partial charge is 0.405 e. The van der Waals surface area contributed by atoms with Crippen LogP contribution in [0, 0.1) is 0 Å². The van der Waals surface area contributed by atoms with E-state index in [0.717, 1.165) is 11.3 Å². The van der Waals surface area contributed by atoms with Gasteiger partial charge in [-0.3, -0.25) is 5.10 Å². The summed E-state index contributed by atoms with van der Waals surface area (Å²) in [7, 11) is 0. The Labute approximate surface area is 65.6 Å². The molecule has 3 N–H and O–H groups in total. The fourth-order valence-corrected chi connectivity index (χ4v) is 0.842. The van der Waals surface area contributed by atoms with Crippen molar-refractivity contribution in [3.05, 3.63) is 29.7 Å². The molecule has 0 amide bonds. The first-order chi connectivity index (χ1) is 5.38. The van der Waals surface area contributed by atoms with Crippen LogP contribution in [0.15, 0.2) is 18.5 Å². The average Bonchev–Trinajstić information content (AvgIpc) is 2.39. The van der Waals surface area contributed by atoms with Gasteiger partial charge in [-0.05, 0) is 25.3 Å². The van der Waals surface area contributed by atoms with Crippen LogP contribution in [-0.4, -0.2) is 10.2 Å². The zero-order valence-electron chi connectivity index (χ0n) is 6.41. The van der Waals surface area contributed by atoms with Gasteiger partial charge in [0, 0.05) is 5.56 Å². The molecule has 0 aromatic carbocycles. The van der Waals surface area contributed by atoms with E-state index in [1.165, 1.54) is 6.20 Å². The van der Waals surface area contributed by atoms with Gasteiger partial charge in [-0.15, -0.1) is 0 Å². The molecule has 0 saturated carbocycles. The van der Waals surface area contributed by atoms with E-state index in [1.807, 2.05) is 19.1 Å². The Kier molecular flexibility index (Phi) is 2.49. The highest BCUT2D eigenvalue weighted by molar-refractivity contribution is 5.61. The first-order valence-corrected chi connectivity index (χ1v) is 3.43. The van der Waals surface area contributed by atoms with Crippen molar-refractivity contribution in [3.8, 4) is 0 Å². The molecule has 0 bridgehead atoms. The molecular weight excluding hydrogens is 138 g/mol. The molecule has 0 aliphatic heterocycles. The Morgan fingerprint density at radius 3 is 3.00 bits per heavy atom. The molecule has 0 unspecified atom stereocenters. The molecule has 0 fully saturated rings. The molecule has 1 aromatic rings. The van der Waals surface area contributed by atoms with Gasteiger partial charge in [-0.1, -0.05) is 6.08 Å². The number of aromatic nitrogens is 2. The van der Waals surface area contributed by atoms with Crippen LogP contribution in [0.3, 0.4) is 0 Å². The quantitative estimate of drug-likeness (QED) is 0.667. The van der Waals surface area contributed by atoms with Gasteiger partial charge in [0.2, 0.25) is 0 Å². The van der Waals surface area contributed by atoms with E-state index < -0.39 is 0 Å². The van der Waals surface area contributed by atoms with Crippen molar-refractivity contribution in [2.45, 2.75) is 6.92 Å². The summed E-state index contributed by atoms with van der Waals surface area (Å²) in [6.45, 7) is 1.96. The van der Waals surface area contributed by atoms with Gasteiger partial charge in [0.1, 0.15) is 0 Å². The highest BCUT2D eigenvalue weighted by Gasteiger charge is 1.94. The lowest BCUT2D eigenvalue weighted by atomic mass is 10.2. The molecule has 0 spiro atoms. The fourth-order valence-electron chi connectivity index (χ4n) is 0.842. The van der Waals surface area contributed by atoms with E-state index in [1.54, 1.807) is 12.3 Å². The van der Waals surface area contributed by atoms with Gasteiger partial charge in [-0.2, -0.15) is 5.10 Å². The summed E-state index contributed by atoms with van der Waals surface area (Å²) in [4.78, 5) is 0. The predicted octanol–water partition coefficient (Wildman–Crippen LogP) is 1.37. The van der Waals surface area contributed by atoms with Gasteiger partial charge >= 0.3 is 0 Å². The Hall–Kier alpha value is -1.51. The van der Waals surface area contributed by atoms with Crippen LogP contribution in [0.25, 0.3) is 12.2 Å². The van der Waals surface area contributed by atoms with Gasteiger partial charge < -0.3 is 5.73 Å². The van der Waals surface area contributed by atoms with E-state index in [4.69, 9.17) is 5.73 Å². The average molecular weight is 149 g/mol. The summed E-state index contributed by atoms with van der Waals surface area (Å²) in [6.07, 6.45) is 8.93. The minimum atomic E-state index is 0.981. The molecule has 0 aliphatic carbocycles.